The average Bonchev–Trinajstić information content (AvgIpc) is 3.10. The Morgan fingerprint density at radius 3 is 2.42 bits per heavy atom. The molecule has 4 heterocycles. The van der Waals surface area contributed by atoms with Gasteiger partial charge in [-0.3, -0.25) is 19.2 Å². The Bertz CT molecular complexity index is 1310. The van der Waals surface area contributed by atoms with Crippen LogP contribution in [0.25, 0.3) is 0 Å². The number of ketones is 1. The second kappa shape index (κ2) is 8.25. The standard InChI is InChI=1S/C29H34O11/c1-12(8-14-9-13(2)23(34)37-14)20-21-24(35)40-28(17(30)11-27(20,21)5)15(22(32)33)6-7-16-26(3,4)38-18-10-19(31)39-29(16,18)25(28)36/h8-9,12,15-18,20-21,30H,6-7,10-11H2,1-5H3,(H,32,33)/b14-8-/t12-,15-,16-,17?,18+,20+,21+,27+,28+,29+/m0/s1. The van der Waals surface area contributed by atoms with Crippen LogP contribution in [0.5, 0.6) is 0 Å². The Morgan fingerprint density at radius 2 is 1.80 bits per heavy atom. The van der Waals surface area contributed by atoms with Crippen LogP contribution in [-0.2, 0) is 42.9 Å². The minimum absolute atomic E-state index is 0.0841. The molecule has 3 saturated heterocycles. The van der Waals surface area contributed by atoms with Crippen molar-refractivity contribution < 1.29 is 53.1 Å². The van der Waals surface area contributed by atoms with E-state index in [1.54, 1.807) is 39.8 Å². The highest BCUT2D eigenvalue weighted by atomic mass is 16.6. The third-order valence-corrected chi connectivity index (χ3v) is 10.4. The molecule has 11 nitrogen and oxygen atoms in total. The molecule has 0 aromatic rings. The summed E-state index contributed by atoms with van der Waals surface area (Å²) in [6, 6.07) is 0. The number of hydrogen-bond acceptors (Lipinski definition) is 10. The molecule has 2 N–H and O–H groups in total. The summed E-state index contributed by atoms with van der Waals surface area (Å²) in [7, 11) is 0. The monoisotopic (exact) mass is 558 g/mol. The van der Waals surface area contributed by atoms with Crippen LogP contribution in [-0.4, -0.2) is 68.9 Å². The number of carbonyl (C=O) groups excluding carboxylic acids is 4. The summed E-state index contributed by atoms with van der Waals surface area (Å²) in [6.45, 7) is 8.83. The van der Waals surface area contributed by atoms with E-state index in [-0.39, 0.29) is 37.5 Å². The molecule has 4 aliphatic heterocycles. The summed E-state index contributed by atoms with van der Waals surface area (Å²) in [5, 5.41) is 22.1. The average molecular weight is 559 g/mol. The van der Waals surface area contributed by atoms with Crippen LogP contribution in [0, 0.1) is 35.0 Å². The molecule has 5 fully saturated rings. The van der Waals surface area contributed by atoms with E-state index < -0.39 is 81.8 Å². The molecule has 6 aliphatic rings. The molecule has 6 rings (SSSR count). The van der Waals surface area contributed by atoms with Gasteiger partial charge >= 0.3 is 23.9 Å². The van der Waals surface area contributed by atoms with Gasteiger partial charge in [-0.05, 0) is 69.4 Å². The maximum absolute atomic E-state index is 14.7. The number of aliphatic hydroxyl groups is 1. The highest BCUT2D eigenvalue weighted by molar-refractivity contribution is 6.05. The first-order valence-corrected chi connectivity index (χ1v) is 13.8. The second-order valence-electron chi connectivity index (χ2n) is 13.1. The minimum atomic E-state index is -2.45. The smallest absolute Gasteiger partial charge is 0.339 e. The number of ether oxygens (including phenoxy) is 4. The molecule has 10 atom stereocenters. The SMILES string of the molecule is CC1=C/C(=C/[C@H](C)[C@@H]2[C@@H]3C(=O)O[C@@]4(C(=O)[C@]56OC(=O)C[C@H]5OC(C)(C)[C@@H]6CC[C@H]4C(=O)O)C(O)C[C@]23C)OC1=O. The number of aliphatic carboxylic acids is 1. The number of fused-ring (bicyclic) bond motifs is 1. The number of carbonyl (C=O) groups is 5. The number of allylic oxidation sites excluding steroid dienone is 2. The second-order valence-corrected chi connectivity index (χ2v) is 13.1. The lowest BCUT2D eigenvalue weighted by Gasteiger charge is -2.43. The van der Waals surface area contributed by atoms with Gasteiger partial charge in [0.2, 0.25) is 17.0 Å². The van der Waals surface area contributed by atoms with Crippen LogP contribution in [0.4, 0.5) is 0 Å². The lowest BCUT2D eigenvalue weighted by Crippen LogP contribution is -2.67. The van der Waals surface area contributed by atoms with Crippen LogP contribution < -0.4 is 0 Å². The van der Waals surface area contributed by atoms with Crippen LogP contribution in [0.2, 0.25) is 0 Å². The number of rotatable bonds is 3. The molecular formula is C29H34O11. The van der Waals surface area contributed by atoms with Crippen molar-refractivity contribution >= 4 is 29.7 Å². The maximum Gasteiger partial charge on any atom is 0.339 e. The molecule has 216 valence electrons. The third-order valence-electron chi connectivity index (χ3n) is 10.4. The summed E-state index contributed by atoms with van der Waals surface area (Å²) in [6.07, 6.45) is 0.490. The van der Waals surface area contributed by atoms with E-state index in [0.717, 1.165) is 0 Å². The molecule has 11 heteroatoms. The van der Waals surface area contributed by atoms with Crippen molar-refractivity contribution in [1.29, 1.82) is 0 Å². The van der Waals surface area contributed by atoms with Gasteiger partial charge in [-0.15, -0.1) is 0 Å². The summed E-state index contributed by atoms with van der Waals surface area (Å²) < 4.78 is 23.1. The first kappa shape index (κ1) is 27.1. The number of carboxylic acid groups (broad SMARTS) is 1. The highest BCUT2D eigenvalue weighted by Gasteiger charge is 2.80. The van der Waals surface area contributed by atoms with Crippen molar-refractivity contribution in [3.8, 4) is 0 Å². The van der Waals surface area contributed by atoms with Gasteiger partial charge in [0.1, 0.15) is 23.9 Å². The lowest BCUT2D eigenvalue weighted by atomic mass is 9.68. The van der Waals surface area contributed by atoms with E-state index in [4.69, 9.17) is 18.9 Å². The van der Waals surface area contributed by atoms with Gasteiger partial charge < -0.3 is 29.2 Å². The molecule has 1 unspecified atom stereocenters. The number of esters is 3. The summed E-state index contributed by atoms with van der Waals surface area (Å²) in [4.78, 5) is 65.4. The van der Waals surface area contributed by atoms with Gasteiger partial charge in [0.05, 0.1) is 17.9 Å². The number of carboxylic acids is 1. The summed E-state index contributed by atoms with van der Waals surface area (Å²) in [5.74, 6) is -7.33. The summed E-state index contributed by atoms with van der Waals surface area (Å²) >= 11 is 0. The number of aliphatic hydroxyl groups excluding tert-OH is 1. The molecule has 0 amide bonds. The maximum atomic E-state index is 14.7. The van der Waals surface area contributed by atoms with E-state index in [2.05, 4.69) is 0 Å². The Hall–Kier alpha value is -3.05. The molecule has 0 aromatic carbocycles. The molecular weight excluding hydrogens is 524 g/mol. The van der Waals surface area contributed by atoms with Crippen molar-refractivity contribution in [2.45, 2.75) is 89.3 Å². The molecule has 0 bridgehead atoms. The highest BCUT2D eigenvalue weighted by Crippen LogP contribution is 2.69. The quantitative estimate of drug-likeness (QED) is 0.384. The summed E-state index contributed by atoms with van der Waals surface area (Å²) in [5.41, 5.74) is -5.60. The Morgan fingerprint density at radius 1 is 1.10 bits per heavy atom. The lowest BCUT2D eigenvalue weighted by molar-refractivity contribution is -0.205. The Labute approximate surface area is 230 Å². The minimum Gasteiger partial charge on any atom is -0.481 e. The fraction of sp³-hybridized carbons (Fsp3) is 0.690. The number of Topliss-reactive ketones (excluding diaryl/α,β-unsaturated/α-hetero) is 1. The van der Waals surface area contributed by atoms with Gasteiger partial charge in [0.25, 0.3) is 0 Å². The zero-order chi connectivity index (χ0) is 29.2. The normalized spacial score (nSPS) is 46.9. The van der Waals surface area contributed by atoms with Crippen LogP contribution >= 0.6 is 0 Å². The van der Waals surface area contributed by atoms with E-state index in [1.165, 1.54) is 0 Å². The van der Waals surface area contributed by atoms with E-state index >= 15 is 0 Å². The fourth-order valence-electron chi connectivity index (χ4n) is 8.70. The van der Waals surface area contributed by atoms with Gasteiger partial charge in [0.15, 0.2) is 0 Å². The molecule has 0 radical (unpaired) electrons. The predicted octanol–water partition coefficient (Wildman–Crippen LogP) is 1.85. The Kier molecular flexibility index (Phi) is 5.60. The topological polar surface area (TPSA) is 163 Å². The number of hydrogen-bond donors (Lipinski definition) is 2. The van der Waals surface area contributed by atoms with Crippen molar-refractivity contribution in [3.63, 3.8) is 0 Å². The van der Waals surface area contributed by atoms with Crippen molar-refractivity contribution in [2.24, 2.45) is 35.0 Å². The largest absolute Gasteiger partial charge is 0.481 e. The molecule has 2 aliphatic carbocycles. The van der Waals surface area contributed by atoms with Gasteiger partial charge in [-0.25, -0.2) is 4.79 Å². The van der Waals surface area contributed by atoms with Crippen LogP contribution in [0.1, 0.15) is 60.3 Å². The van der Waals surface area contributed by atoms with Gasteiger partial charge in [-0.2, -0.15) is 0 Å². The first-order valence-electron chi connectivity index (χ1n) is 13.8. The van der Waals surface area contributed by atoms with E-state index in [9.17, 15) is 34.2 Å². The van der Waals surface area contributed by atoms with Gasteiger partial charge in [-0.1, -0.05) is 13.8 Å². The molecule has 0 aromatic heterocycles. The molecule has 40 heavy (non-hydrogen) atoms. The zero-order valence-electron chi connectivity index (χ0n) is 23.1. The van der Waals surface area contributed by atoms with E-state index in [1.807, 2.05) is 6.92 Å². The number of cyclic esters (lactones) is 1. The van der Waals surface area contributed by atoms with Crippen molar-refractivity contribution in [2.75, 3.05) is 0 Å². The van der Waals surface area contributed by atoms with Crippen molar-refractivity contribution in [1.82, 2.24) is 0 Å². The zero-order valence-corrected chi connectivity index (χ0v) is 23.1. The van der Waals surface area contributed by atoms with Crippen LogP contribution in [0.3, 0.4) is 0 Å². The van der Waals surface area contributed by atoms with E-state index in [0.29, 0.717) is 11.3 Å². The van der Waals surface area contributed by atoms with Crippen molar-refractivity contribution in [3.05, 3.63) is 23.5 Å². The third kappa shape index (κ3) is 3.33. The first-order chi connectivity index (χ1) is 18.6. The van der Waals surface area contributed by atoms with Gasteiger partial charge in [0, 0.05) is 11.5 Å². The van der Waals surface area contributed by atoms with Crippen LogP contribution in [0.15, 0.2) is 23.5 Å². The predicted molar refractivity (Wildman–Crippen MR) is 133 cm³/mol. The Balaban J connectivity index is 1.39. The fourth-order valence-corrected chi connectivity index (χ4v) is 8.70. The molecule has 2 saturated carbocycles. The molecule has 2 spiro atoms.